The lowest BCUT2D eigenvalue weighted by atomic mass is 10.0. The standard InChI is InChI=1S/C20H17N3O6S/c1-9-15-18(30-17(9)20(27)28)21-8-23(19(15)26)10(2)16(25)11-4-5-13-12(6-11)22(3)14(24)7-29-13/h4-6,8,10H,7H2,1-3H3,(H,27,28). The molecule has 0 saturated heterocycles. The first-order valence-electron chi connectivity index (χ1n) is 9.02. The molecule has 10 heteroatoms. The normalized spacial score (nSPS) is 14.4. The Morgan fingerprint density at radius 1 is 1.30 bits per heavy atom. The maximum atomic E-state index is 13.1. The van der Waals surface area contributed by atoms with Crippen LogP contribution in [0.1, 0.15) is 38.6 Å². The summed E-state index contributed by atoms with van der Waals surface area (Å²) < 4.78 is 6.57. The summed E-state index contributed by atoms with van der Waals surface area (Å²) in [5.41, 5.74) is 0.646. The molecule has 0 aliphatic carbocycles. The molecule has 0 spiro atoms. The van der Waals surface area contributed by atoms with Crippen molar-refractivity contribution in [1.82, 2.24) is 9.55 Å². The molecule has 1 aromatic carbocycles. The zero-order valence-electron chi connectivity index (χ0n) is 16.3. The summed E-state index contributed by atoms with van der Waals surface area (Å²) in [7, 11) is 1.60. The SMILES string of the molecule is Cc1c(C(=O)O)sc2ncn(C(C)C(=O)c3ccc4c(c3)N(C)C(=O)CO4)c(=O)c12. The van der Waals surface area contributed by atoms with Gasteiger partial charge in [0, 0.05) is 12.6 Å². The molecule has 0 radical (unpaired) electrons. The van der Waals surface area contributed by atoms with Crippen LogP contribution < -0.4 is 15.2 Å². The van der Waals surface area contributed by atoms with Gasteiger partial charge in [-0.15, -0.1) is 11.3 Å². The van der Waals surface area contributed by atoms with Gasteiger partial charge in [0.15, 0.2) is 12.4 Å². The van der Waals surface area contributed by atoms with Crippen LogP contribution in [0.15, 0.2) is 29.3 Å². The van der Waals surface area contributed by atoms with Gasteiger partial charge in [0.1, 0.15) is 15.5 Å². The number of fused-ring (bicyclic) bond motifs is 2. The van der Waals surface area contributed by atoms with E-state index < -0.39 is 17.6 Å². The van der Waals surface area contributed by atoms with Gasteiger partial charge in [-0.2, -0.15) is 0 Å². The summed E-state index contributed by atoms with van der Waals surface area (Å²) in [5, 5.41) is 9.49. The van der Waals surface area contributed by atoms with Crippen LogP contribution in [0.25, 0.3) is 10.2 Å². The van der Waals surface area contributed by atoms with Crippen molar-refractivity contribution in [3.8, 4) is 5.75 Å². The average molecular weight is 427 g/mol. The Bertz CT molecular complexity index is 1290. The molecule has 1 unspecified atom stereocenters. The summed E-state index contributed by atoms with van der Waals surface area (Å²) in [4.78, 5) is 55.3. The number of aryl methyl sites for hydroxylation is 1. The van der Waals surface area contributed by atoms with Gasteiger partial charge in [0.05, 0.1) is 23.4 Å². The molecule has 30 heavy (non-hydrogen) atoms. The van der Waals surface area contributed by atoms with Crippen molar-refractivity contribution in [2.24, 2.45) is 0 Å². The topological polar surface area (TPSA) is 119 Å². The van der Waals surface area contributed by atoms with Gasteiger partial charge in [0.2, 0.25) is 0 Å². The van der Waals surface area contributed by atoms with E-state index in [9.17, 15) is 24.3 Å². The fourth-order valence-corrected chi connectivity index (χ4v) is 4.39. The summed E-state index contributed by atoms with van der Waals surface area (Å²) in [6.45, 7) is 3.06. The number of aromatic carboxylic acids is 1. The third kappa shape index (κ3) is 2.96. The highest BCUT2D eigenvalue weighted by Gasteiger charge is 2.26. The number of anilines is 1. The second-order valence-electron chi connectivity index (χ2n) is 6.96. The molecule has 0 fully saturated rings. The van der Waals surface area contributed by atoms with Crippen LogP contribution in [-0.2, 0) is 4.79 Å². The second kappa shape index (κ2) is 7.06. The first-order chi connectivity index (χ1) is 14.2. The lowest BCUT2D eigenvalue weighted by Crippen LogP contribution is -2.35. The lowest BCUT2D eigenvalue weighted by Gasteiger charge is -2.26. The van der Waals surface area contributed by atoms with Gasteiger partial charge in [-0.3, -0.25) is 19.0 Å². The first-order valence-corrected chi connectivity index (χ1v) is 9.83. The van der Waals surface area contributed by atoms with E-state index in [2.05, 4.69) is 4.98 Å². The summed E-state index contributed by atoms with van der Waals surface area (Å²) in [6, 6.07) is 3.87. The molecule has 2 aromatic heterocycles. The molecule has 1 atom stereocenters. The van der Waals surface area contributed by atoms with Gasteiger partial charge in [-0.25, -0.2) is 9.78 Å². The van der Waals surface area contributed by atoms with Crippen molar-refractivity contribution in [1.29, 1.82) is 0 Å². The maximum Gasteiger partial charge on any atom is 0.346 e. The number of hydrogen-bond acceptors (Lipinski definition) is 7. The lowest BCUT2D eigenvalue weighted by molar-refractivity contribution is -0.121. The van der Waals surface area contributed by atoms with Crippen molar-refractivity contribution >= 4 is 44.9 Å². The van der Waals surface area contributed by atoms with E-state index in [-0.39, 0.29) is 28.6 Å². The number of rotatable bonds is 4. The van der Waals surface area contributed by atoms with Crippen LogP contribution >= 0.6 is 11.3 Å². The molecule has 3 aromatic rings. The highest BCUT2D eigenvalue weighted by Crippen LogP contribution is 2.33. The van der Waals surface area contributed by atoms with Crippen LogP contribution in [0.5, 0.6) is 5.75 Å². The van der Waals surface area contributed by atoms with Crippen LogP contribution in [-0.4, -0.2) is 46.0 Å². The molecule has 1 aliphatic heterocycles. The highest BCUT2D eigenvalue weighted by molar-refractivity contribution is 7.20. The number of ether oxygens (including phenoxy) is 1. The van der Waals surface area contributed by atoms with E-state index in [1.807, 2.05) is 0 Å². The number of carboxylic acids is 1. The predicted molar refractivity (Wildman–Crippen MR) is 110 cm³/mol. The number of carbonyl (C=O) groups excluding carboxylic acids is 2. The Balaban J connectivity index is 1.75. The van der Waals surface area contributed by atoms with Gasteiger partial charge in [0.25, 0.3) is 11.5 Å². The van der Waals surface area contributed by atoms with E-state index in [1.165, 1.54) is 15.8 Å². The van der Waals surface area contributed by atoms with E-state index >= 15 is 0 Å². The van der Waals surface area contributed by atoms with E-state index in [0.717, 1.165) is 11.3 Å². The molecule has 1 aliphatic rings. The van der Waals surface area contributed by atoms with Crippen molar-refractivity contribution < 1.29 is 24.2 Å². The fourth-order valence-electron chi connectivity index (χ4n) is 3.41. The van der Waals surface area contributed by atoms with Crippen LogP contribution in [0, 0.1) is 6.92 Å². The Hall–Kier alpha value is -3.53. The molecule has 0 bridgehead atoms. The number of benzene rings is 1. The number of amides is 1. The number of thiophene rings is 1. The van der Waals surface area contributed by atoms with E-state index in [0.29, 0.717) is 27.4 Å². The van der Waals surface area contributed by atoms with Gasteiger partial charge >= 0.3 is 5.97 Å². The molecule has 3 heterocycles. The number of aromatic nitrogens is 2. The van der Waals surface area contributed by atoms with Crippen molar-refractivity contribution in [2.45, 2.75) is 19.9 Å². The number of hydrogen-bond donors (Lipinski definition) is 1. The molecule has 1 amide bonds. The average Bonchev–Trinajstić information content (AvgIpc) is 3.07. The molecule has 1 N–H and O–H groups in total. The maximum absolute atomic E-state index is 13.1. The first kappa shape index (κ1) is 19.8. The zero-order chi connectivity index (χ0) is 21.7. The van der Waals surface area contributed by atoms with Gasteiger partial charge in [-0.05, 0) is 37.6 Å². The molecule has 0 saturated carbocycles. The Labute approximate surface area is 174 Å². The Morgan fingerprint density at radius 3 is 2.73 bits per heavy atom. The molecular weight excluding hydrogens is 410 g/mol. The highest BCUT2D eigenvalue weighted by atomic mass is 32.1. The zero-order valence-corrected chi connectivity index (χ0v) is 17.1. The summed E-state index contributed by atoms with van der Waals surface area (Å²) >= 11 is 0.927. The number of ketones is 1. The second-order valence-corrected chi connectivity index (χ2v) is 7.96. The quantitative estimate of drug-likeness (QED) is 0.634. The van der Waals surface area contributed by atoms with Crippen molar-refractivity contribution in [3.63, 3.8) is 0 Å². The minimum absolute atomic E-state index is 0.0497. The number of nitrogens with zero attached hydrogens (tertiary/aromatic N) is 3. The summed E-state index contributed by atoms with van der Waals surface area (Å²) in [5.74, 6) is -1.20. The van der Waals surface area contributed by atoms with Gasteiger partial charge < -0.3 is 14.7 Å². The third-order valence-corrected chi connectivity index (χ3v) is 6.38. The van der Waals surface area contributed by atoms with Crippen LogP contribution in [0.2, 0.25) is 0 Å². The predicted octanol–water partition coefficient (Wildman–Crippen LogP) is 2.26. The number of likely N-dealkylation sites (N-methyl/N-ethyl adjacent to an activating group) is 1. The van der Waals surface area contributed by atoms with E-state index in [4.69, 9.17) is 4.74 Å². The van der Waals surface area contributed by atoms with Crippen molar-refractivity contribution in [2.75, 3.05) is 18.6 Å². The van der Waals surface area contributed by atoms with Crippen LogP contribution in [0.3, 0.4) is 0 Å². The fraction of sp³-hybridized carbons (Fsp3) is 0.250. The summed E-state index contributed by atoms with van der Waals surface area (Å²) in [6.07, 6.45) is 1.26. The van der Waals surface area contributed by atoms with Crippen LogP contribution in [0.4, 0.5) is 5.69 Å². The monoisotopic (exact) mass is 427 g/mol. The molecule has 9 nitrogen and oxygen atoms in total. The number of carboxylic acid groups (broad SMARTS) is 1. The molecule has 154 valence electrons. The Morgan fingerprint density at radius 2 is 2.03 bits per heavy atom. The number of Topliss-reactive ketones (excluding diaryl/α,β-unsaturated/α-hetero) is 1. The minimum Gasteiger partial charge on any atom is -0.482 e. The number of carbonyl (C=O) groups is 3. The largest absolute Gasteiger partial charge is 0.482 e. The van der Waals surface area contributed by atoms with E-state index in [1.54, 1.807) is 39.1 Å². The van der Waals surface area contributed by atoms with Gasteiger partial charge in [-0.1, -0.05) is 0 Å². The molecule has 4 rings (SSSR count). The Kier molecular flexibility index (Phi) is 4.65. The minimum atomic E-state index is -1.12. The smallest absolute Gasteiger partial charge is 0.346 e. The molecular formula is C20H17N3O6S. The third-order valence-electron chi connectivity index (χ3n) is 5.20. The van der Waals surface area contributed by atoms with Crippen molar-refractivity contribution in [3.05, 3.63) is 50.9 Å².